The Morgan fingerprint density at radius 1 is 1.67 bits per heavy atom. The van der Waals surface area contributed by atoms with Gasteiger partial charge in [-0.15, -0.1) is 0 Å². The van der Waals surface area contributed by atoms with E-state index in [1.54, 1.807) is 0 Å². The molecule has 0 aromatic rings. The summed E-state index contributed by atoms with van der Waals surface area (Å²) in [6.07, 6.45) is 2.99. The Morgan fingerprint density at radius 3 is 2.78 bits per heavy atom. The highest BCUT2D eigenvalue weighted by molar-refractivity contribution is 5.76. The van der Waals surface area contributed by atoms with Crippen LogP contribution in [-0.4, -0.2) is 23.9 Å². The molecule has 1 fully saturated rings. The maximum Gasteiger partial charge on any atom is 0.222 e. The van der Waals surface area contributed by atoms with Crippen molar-refractivity contribution in [3.63, 3.8) is 0 Å². The molecule has 1 heterocycles. The highest BCUT2D eigenvalue weighted by atomic mass is 16.2. The molecular weight excluding hydrogens is 114 g/mol. The highest BCUT2D eigenvalue weighted by Crippen LogP contribution is 2.14. The van der Waals surface area contributed by atoms with E-state index in [2.05, 4.69) is 6.92 Å². The molecule has 2 heteroatoms. The molecule has 0 spiro atoms. The summed E-state index contributed by atoms with van der Waals surface area (Å²) >= 11 is 0. The summed E-state index contributed by atoms with van der Waals surface area (Å²) in [5, 5.41) is 0. The number of carbonyl (C=O) groups excluding carboxylic acids is 1. The fourth-order valence-corrected chi connectivity index (χ4v) is 1.16. The van der Waals surface area contributed by atoms with Gasteiger partial charge in [-0.1, -0.05) is 0 Å². The minimum atomic E-state index is 0.300. The highest BCUT2D eigenvalue weighted by Gasteiger charge is 2.19. The van der Waals surface area contributed by atoms with Gasteiger partial charge in [-0.2, -0.15) is 0 Å². The van der Waals surface area contributed by atoms with Crippen molar-refractivity contribution in [2.75, 3.05) is 7.05 Å². The first-order chi connectivity index (χ1) is 4.22. The Balaban J connectivity index is 2.51. The van der Waals surface area contributed by atoms with Crippen molar-refractivity contribution < 1.29 is 4.79 Å². The second-order valence-corrected chi connectivity index (χ2v) is 2.75. The summed E-state index contributed by atoms with van der Waals surface area (Å²) in [5.41, 5.74) is 0. The van der Waals surface area contributed by atoms with Gasteiger partial charge in [-0.25, -0.2) is 0 Å². The average Bonchev–Trinajstić information content (AvgIpc) is 1.83. The first kappa shape index (κ1) is 6.59. The van der Waals surface area contributed by atoms with Gasteiger partial charge < -0.3 is 4.90 Å². The molecule has 1 aliphatic heterocycles. The van der Waals surface area contributed by atoms with Gasteiger partial charge in [0.25, 0.3) is 0 Å². The van der Waals surface area contributed by atoms with E-state index < -0.39 is 0 Å². The minimum Gasteiger partial charge on any atom is -0.343 e. The molecule has 0 radical (unpaired) electrons. The van der Waals surface area contributed by atoms with E-state index in [0.717, 1.165) is 12.8 Å². The summed E-state index contributed by atoms with van der Waals surface area (Å²) in [4.78, 5) is 12.8. The standard InChI is InChI=1S/C7H13NO/c1-6-4-3-5-7(9)8(6)2/h6H,3-5H2,1-2H3/t6-/m0/s1. The normalized spacial score (nSPS) is 28.9. The van der Waals surface area contributed by atoms with Gasteiger partial charge in [0.05, 0.1) is 0 Å². The number of nitrogens with zero attached hydrogens (tertiary/aromatic N) is 1. The van der Waals surface area contributed by atoms with E-state index in [1.165, 1.54) is 6.42 Å². The Bertz CT molecular complexity index is 122. The van der Waals surface area contributed by atoms with Crippen LogP contribution in [0.25, 0.3) is 0 Å². The van der Waals surface area contributed by atoms with Crippen LogP contribution >= 0.6 is 0 Å². The molecule has 1 saturated heterocycles. The lowest BCUT2D eigenvalue weighted by atomic mass is 10.0. The zero-order chi connectivity index (χ0) is 6.85. The van der Waals surface area contributed by atoms with Crippen LogP contribution in [0, 0.1) is 0 Å². The van der Waals surface area contributed by atoms with Crippen LogP contribution in [0.5, 0.6) is 0 Å². The first-order valence-electron chi connectivity index (χ1n) is 3.47. The number of amides is 1. The molecular formula is C7H13NO. The van der Waals surface area contributed by atoms with E-state index in [-0.39, 0.29) is 0 Å². The van der Waals surface area contributed by atoms with Gasteiger partial charge in [0.2, 0.25) is 5.91 Å². The second-order valence-electron chi connectivity index (χ2n) is 2.75. The van der Waals surface area contributed by atoms with Gasteiger partial charge in [0.15, 0.2) is 0 Å². The Morgan fingerprint density at radius 2 is 2.33 bits per heavy atom. The van der Waals surface area contributed by atoms with Crippen molar-refractivity contribution in [2.45, 2.75) is 32.2 Å². The van der Waals surface area contributed by atoms with E-state index in [0.29, 0.717) is 11.9 Å². The number of carbonyl (C=O) groups is 1. The molecule has 0 N–H and O–H groups in total. The third-order valence-electron chi connectivity index (χ3n) is 2.07. The number of piperidine rings is 1. The SMILES string of the molecule is C[C@H]1CCCC(=O)N1C. The molecule has 1 amide bonds. The minimum absolute atomic E-state index is 0.300. The van der Waals surface area contributed by atoms with E-state index in [4.69, 9.17) is 0 Å². The third-order valence-corrected chi connectivity index (χ3v) is 2.07. The van der Waals surface area contributed by atoms with E-state index in [1.807, 2.05) is 11.9 Å². The largest absolute Gasteiger partial charge is 0.343 e. The lowest BCUT2D eigenvalue weighted by Gasteiger charge is -2.29. The molecule has 9 heavy (non-hydrogen) atoms. The third kappa shape index (κ3) is 1.23. The molecule has 1 aliphatic rings. The van der Waals surface area contributed by atoms with Gasteiger partial charge >= 0.3 is 0 Å². The molecule has 0 saturated carbocycles. The summed E-state index contributed by atoms with van der Waals surface area (Å²) in [7, 11) is 1.88. The molecule has 52 valence electrons. The van der Waals surface area contributed by atoms with Crippen molar-refractivity contribution in [1.82, 2.24) is 4.90 Å². The van der Waals surface area contributed by atoms with Crippen molar-refractivity contribution in [2.24, 2.45) is 0 Å². The Labute approximate surface area is 55.8 Å². The lowest BCUT2D eigenvalue weighted by molar-refractivity contribution is -0.134. The molecule has 0 aromatic heterocycles. The molecule has 0 bridgehead atoms. The van der Waals surface area contributed by atoms with Crippen molar-refractivity contribution in [1.29, 1.82) is 0 Å². The monoisotopic (exact) mass is 127 g/mol. The Hall–Kier alpha value is -0.530. The predicted octanol–water partition coefficient (Wildman–Crippen LogP) is 1.02. The summed E-state index contributed by atoms with van der Waals surface area (Å²) in [6, 6.07) is 0.464. The second kappa shape index (κ2) is 2.38. The molecule has 1 atom stereocenters. The molecule has 0 aliphatic carbocycles. The van der Waals surface area contributed by atoms with Crippen LogP contribution in [0.2, 0.25) is 0 Å². The van der Waals surface area contributed by atoms with Crippen LogP contribution in [0.3, 0.4) is 0 Å². The van der Waals surface area contributed by atoms with Gasteiger partial charge in [-0.05, 0) is 19.8 Å². The van der Waals surface area contributed by atoms with Gasteiger partial charge in [-0.3, -0.25) is 4.79 Å². The van der Waals surface area contributed by atoms with Crippen LogP contribution < -0.4 is 0 Å². The topological polar surface area (TPSA) is 20.3 Å². The van der Waals surface area contributed by atoms with Crippen LogP contribution in [0.4, 0.5) is 0 Å². The molecule has 2 nitrogen and oxygen atoms in total. The number of hydrogen-bond donors (Lipinski definition) is 0. The summed E-state index contributed by atoms with van der Waals surface area (Å²) < 4.78 is 0. The lowest BCUT2D eigenvalue weighted by Crippen LogP contribution is -2.38. The quantitative estimate of drug-likeness (QED) is 0.475. The maximum absolute atomic E-state index is 10.9. The van der Waals surface area contributed by atoms with Crippen molar-refractivity contribution in [3.05, 3.63) is 0 Å². The van der Waals surface area contributed by atoms with E-state index >= 15 is 0 Å². The predicted molar refractivity (Wildman–Crippen MR) is 36.1 cm³/mol. The number of likely N-dealkylation sites (tertiary alicyclic amines) is 1. The van der Waals surface area contributed by atoms with Crippen LogP contribution in [0.1, 0.15) is 26.2 Å². The fourth-order valence-electron chi connectivity index (χ4n) is 1.16. The Kier molecular flexibility index (Phi) is 1.74. The summed E-state index contributed by atoms with van der Waals surface area (Å²) in [5.74, 6) is 0.300. The zero-order valence-electron chi connectivity index (χ0n) is 6.05. The molecule has 1 rings (SSSR count). The van der Waals surface area contributed by atoms with Crippen LogP contribution in [-0.2, 0) is 4.79 Å². The maximum atomic E-state index is 10.9. The van der Waals surface area contributed by atoms with E-state index in [9.17, 15) is 4.79 Å². The van der Waals surface area contributed by atoms with Gasteiger partial charge in [0, 0.05) is 19.5 Å². The van der Waals surface area contributed by atoms with Crippen LogP contribution in [0.15, 0.2) is 0 Å². The smallest absolute Gasteiger partial charge is 0.222 e. The number of hydrogen-bond acceptors (Lipinski definition) is 1. The zero-order valence-corrected chi connectivity index (χ0v) is 6.05. The summed E-state index contributed by atoms with van der Waals surface area (Å²) in [6.45, 7) is 2.09. The fraction of sp³-hybridized carbons (Fsp3) is 0.857. The number of rotatable bonds is 0. The van der Waals surface area contributed by atoms with Gasteiger partial charge in [0.1, 0.15) is 0 Å². The molecule has 0 aromatic carbocycles. The van der Waals surface area contributed by atoms with Crippen molar-refractivity contribution >= 4 is 5.91 Å². The molecule has 0 unspecified atom stereocenters. The average molecular weight is 127 g/mol. The first-order valence-corrected chi connectivity index (χ1v) is 3.47. The van der Waals surface area contributed by atoms with Crippen molar-refractivity contribution in [3.8, 4) is 0 Å².